The number of thiazole rings is 2. The van der Waals surface area contributed by atoms with Gasteiger partial charge in [-0.3, -0.25) is 4.79 Å². The molecule has 0 aromatic carbocycles. The summed E-state index contributed by atoms with van der Waals surface area (Å²) >= 11 is 2.65. The third kappa shape index (κ3) is 7.63. The Labute approximate surface area is 235 Å². The highest BCUT2D eigenvalue weighted by Gasteiger charge is 2.28. The van der Waals surface area contributed by atoms with Crippen LogP contribution in [0.25, 0.3) is 11.6 Å². The molecule has 0 radical (unpaired) electrons. The molecule has 2 atom stereocenters. The van der Waals surface area contributed by atoms with Crippen molar-refractivity contribution in [2.75, 3.05) is 7.11 Å². The molecule has 0 saturated heterocycles. The molecule has 0 aliphatic heterocycles. The van der Waals surface area contributed by atoms with Crippen LogP contribution in [0.15, 0.2) is 15.2 Å². The molecule has 3 aromatic heterocycles. The number of hydrogen-bond acceptors (Lipinski definition) is 11. The highest BCUT2D eigenvalue weighted by atomic mass is 32.1. The van der Waals surface area contributed by atoms with Crippen molar-refractivity contribution >= 4 is 40.6 Å². The van der Waals surface area contributed by atoms with E-state index in [0.29, 0.717) is 21.5 Å². The van der Waals surface area contributed by atoms with Crippen LogP contribution < -0.4 is 10.6 Å². The number of aryl methyl sites for hydroxylation is 1. The third-order valence-corrected chi connectivity index (χ3v) is 7.35. The zero-order chi connectivity index (χ0) is 29.1. The molecule has 3 rings (SSSR count). The lowest BCUT2D eigenvalue weighted by atomic mass is 10.0. The molecular formula is C26H35N5O6S2. The number of oxazole rings is 1. The van der Waals surface area contributed by atoms with Crippen molar-refractivity contribution in [2.24, 2.45) is 11.8 Å². The number of nitrogens with one attached hydrogen (secondary N) is 2. The first-order chi connectivity index (χ1) is 18.2. The van der Waals surface area contributed by atoms with Crippen molar-refractivity contribution in [1.82, 2.24) is 25.6 Å². The van der Waals surface area contributed by atoms with E-state index in [4.69, 9.17) is 13.9 Å². The predicted octanol–water partition coefficient (Wildman–Crippen LogP) is 5.70. The number of ether oxygens (including phenoxy) is 2. The molecule has 0 saturated carbocycles. The molecule has 212 valence electrons. The van der Waals surface area contributed by atoms with Gasteiger partial charge in [0.1, 0.15) is 32.8 Å². The van der Waals surface area contributed by atoms with Gasteiger partial charge in [-0.2, -0.15) is 0 Å². The monoisotopic (exact) mass is 577 g/mol. The molecule has 0 aliphatic carbocycles. The van der Waals surface area contributed by atoms with Crippen LogP contribution in [0, 0.1) is 18.8 Å². The first-order valence-corrected chi connectivity index (χ1v) is 14.2. The van der Waals surface area contributed by atoms with Crippen LogP contribution in [-0.4, -0.2) is 45.6 Å². The fraction of sp³-hybridized carbons (Fsp3) is 0.538. The lowest BCUT2D eigenvalue weighted by Crippen LogP contribution is -2.37. The molecule has 3 aromatic rings. The van der Waals surface area contributed by atoms with Crippen LogP contribution in [0.3, 0.4) is 0 Å². The van der Waals surface area contributed by atoms with Crippen LogP contribution >= 0.6 is 22.7 Å². The van der Waals surface area contributed by atoms with Crippen LogP contribution in [-0.2, 0) is 9.47 Å². The fourth-order valence-electron chi connectivity index (χ4n) is 3.53. The SMILES string of the molecule is COC(=O)c1nc(-c2csc([C@@H](NC(=O)c3csc([C@@H](NC(=O)OC(C)(C)C)C(C)C)n3)C(C)C)n2)oc1C. The van der Waals surface area contributed by atoms with Gasteiger partial charge < -0.3 is 24.5 Å². The van der Waals surface area contributed by atoms with E-state index in [1.807, 2.05) is 27.7 Å². The number of carbonyl (C=O) groups excluding carboxylic acids is 3. The van der Waals surface area contributed by atoms with E-state index in [0.717, 1.165) is 0 Å². The summed E-state index contributed by atoms with van der Waals surface area (Å²) in [5.41, 5.74) is 0.171. The Hall–Kier alpha value is -3.32. The van der Waals surface area contributed by atoms with Gasteiger partial charge in [-0.1, -0.05) is 27.7 Å². The van der Waals surface area contributed by atoms with Gasteiger partial charge in [0, 0.05) is 10.8 Å². The molecule has 0 bridgehead atoms. The molecular weight excluding hydrogens is 542 g/mol. The smallest absolute Gasteiger partial charge is 0.408 e. The summed E-state index contributed by atoms with van der Waals surface area (Å²) in [6.45, 7) is 14.9. The van der Waals surface area contributed by atoms with E-state index in [-0.39, 0.29) is 35.0 Å². The average molecular weight is 578 g/mol. The zero-order valence-electron chi connectivity index (χ0n) is 23.6. The second-order valence-electron chi connectivity index (χ2n) is 10.6. The van der Waals surface area contributed by atoms with Crippen molar-refractivity contribution in [1.29, 1.82) is 0 Å². The number of aromatic nitrogens is 3. The van der Waals surface area contributed by atoms with Crippen molar-refractivity contribution < 1.29 is 28.3 Å². The van der Waals surface area contributed by atoms with Crippen molar-refractivity contribution in [3.8, 4) is 11.6 Å². The minimum Gasteiger partial charge on any atom is -0.464 e. The summed E-state index contributed by atoms with van der Waals surface area (Å²) in [7, 11) is 1.28. The lowest BCUT2D eigenvalue weighted by Gasteiger charge is -2.24. The topological polar surface area (TPSA) is 146 Å². The van der Waals surface area contributed by atoms with Gasteiger partial charge in [-0.25, -0.2) is 24.5 Å². The minimum absolute atomic E-state index is 0.0141. The quantitative estimate of drug-likeness (QED) is 0.306. The molecule has 0 unspecified atom stereocenters. The second kappa shape index (κ2) is 12.2. The van der Waals surface area contributed by atoms with Crippen LogP contribution in [0.5, 0.6) is 0 Å². The summed E-state index contributed by atoms with van der Waals surface area (Å²) in [4.78, 5) is 50.8. The van der Waals surface area contributed by atoms with Crippen LogP contribution in [0.4, 0.5) is 4.79 Å². The summed E-state index contributed by atoms with van der Waals surface area (Å²) in [6.07, 6.45) is -0.540. The first kappa shape index (κ1) is 30.2. The minimum atomic E-state index is -0.628. The Bertz CT molecular complexity index is 1320. The number of nitrogens with zero attached hydrogens (tertiary/aromatic N) is 3. The lowest BCUT2D eigenvalue weighted by molar-refractivity contribution is 0.0488. The highest BCUT2D eigenvalue weighted by molar-refractivity contribution is 7.10. The maximum Gasteiger partial charge on any atom is 0.408 e. The predicted molar refractivity (Wildman–Crippen MR) is 148 cm³/mol. The van der Waals surface area contributed by atoms with Gasteiger partial charge in [0.2, 0.25) is 5.89 Å². The van der Waals surface area contributed by atoms with E-state index < -0.39 is 29.7 Å². The van der Waals surface area contributed by atoms with Crippen molar-refractivity contribution in [2.45, 2.75) is 73.1 Å². The van der Waals surface area contributed by atoms with Gasteiger partial charge in [-0.15, -0.1) is 22.7 Å². The number of rotatable bonds is 9. The number of alkyl carbamates (subject to hydrolysis) is 1. The van der Waals surface area contributed by atoms with E-state index in [9.17, 15) is 14.4 Å². The first-order valence-electron chi connectivity index (χ1n) is 12.5. The summed E-state index contributed by atoms with van der Waals surface area (Å²) in [5, 5.41) is 10.6. The number of methoxy groups -OCH3 is 1. The standard InChI is InChI=1S/C26H35N5O6S2/c1-12(2)17(22-28-16(11-39-22)21-30-19(14(5)36-21)24(33)35-9)29-20(32)15-10-38-23(27-15)18(13(3)4)31-25(34)37-26(6,7)8/h10-13,17-18H,1-9H3,(H,29,32)(H,31,34)/t17-,18-/m0/s1. The van der Waals surface area contributed by atoms with Crippen LogP contribution in [0.2, 0.25) is 0 Å². The fourth-order valence-corrected chi connectivity index (χ4v) is 5.57. The van der Waals surface area contributed by atoms with E-state index in [1.54, 1.807) is 38.5 Å². The maximum atomic E-state index is 13.2. The van der Waals surface area contributed by atoms with Gasteiger partial charge >= 0.3 is 12.1 Å². The largest absolute Gasteiger partial charge is 0.464 e. The van der Waals surface area contributed by atoms with E-state index >= 15 is 0 Å². The summed E-state index contributed by atoms with van der Waals surface area (Å²) in [6, 6.07) is -0.814. The van der Waals surface area contributed by atoms with Crippen molar-refractivity contribution in [3.05, 3.63) is 37.9 Å². The molecule has 11 nitrogen and oxygen atoms in total. The molecule has 0 spiro atoms. The van der Waals surface area contributed by atoms with Gasteiger partial charge in [0.25, 0.3) is 5.91 Å². The number of carbonyl (C=O) groups is 3. The van der Waals surface area contributed by atoms with E-state index in [1.165, 1.54) is 29.8 Å². The summed E-state index contributed by atoms with van der Waals surface area (Å²) < 4.78 is 15.7. The molecule has 0 aliphatic rings. The van der Waals surface area contributed by atoms with Gasteiger partial charge in [0.05, 0.1) is 19.2 Å². The average Bonchev–Trinajstić information content (AvgIpc) is 3.58. The normalized spacial score (nSPS) is 13.3. The number of amides is 2. The Kier molecular flexibility index (Phi) is 9.49. The summed E-state index contributed by atoms with van der Waals surface area (Å²) in [5.74, 6) is -0.372. The highest BCUT2D eigenvalue weighted by Crippen LogP contribution is 2.31. The molecule has 3 heterocycles. The third-order valence-electron chi connectivity index (χ3n) is 5.50. The maximum absolute atomic E-state index is 13.2. The molecule has 2 amide bonds. The van der Waals surface area contributed by atoms with Gasteiger partial charge in [-0.05, 0) is 39.5 Å². The second-order valence-corrected chi connectivity index (χ2v) is 12.4. The van der Waals surface area contributed by atoms with E-state index in [2.05, 4.69) is 25.6 Å². The van der Waals surface area contributed by atoms with Gasteiger partial charge in [0.15, 0.2) is 5.69 Å². The molecule has 39 heavy (non-hydrogen) atoms. The Morgan fingerprint density at radius 2 is 1.51 bits per heavy atom. The van der Waals surface area contributed by atoms with Crippen molar-refractivity contribution in [3.63, 3.8) is 0 Å². The Balaban J connectivity index is 1.76. The number of esters is 1. The Morgan fingerprint density at radius 1 is 0.923 bits per heavy atom. The number of hydrogen-bond donors (Lipinski definition) is 2. The zero-order valence-corrected chi connectivity index (χ0v) is 25.2. The van der Waals surface area contributed by atoms with Crippen LogP contribution in [0.1, 0.15) is 97.3 Å². The molecule has 2 N–H and O–H groups in total. The molecule has 13 heteroatoms. The molecule has 0 fully saturated rings. The Morgan fingerprint density at radius 3 is 2.10 bits per heavy atom.